The van der Waals surface area contributed by atoms with Crippen LogP contribution < -0.4 is 4.90 Å². The fourth-order valence-corrected chi connectivity index (χ4v) is 5.44. The van der Waals surface area contributed by atoms with Crippen LogP contribution >= 0.6 is 0 Å². The molecule has 2 atom stereocenters. The molecule has 2 fully saturated rings. The molecule has 3 aromatic heterocycles. The Labute approximate surface area is 199 Å². The van der Waals surface area contributed by atoms with Gasteiger partial charge in [-0.2, -0.15) is 5.10 Å². The minimum atomic E-state index is -0.0632. The van der Waals surface area contributed by atoms with E-state index in [0.717, 1.165) is 72.5 Å². The molecule has 5 heterocycles. The summed E-state index contributed by atoms with van der Waals surface area (Å²) < 4.78 is 1.87. The van der Waals surface area contributed by atoms with Gasteiger partial charge in [-0.25, -0.2) is 14.5 Å². The Bertz CT molecular complexity index is 1380. The molecule has 0 bridgehead atoms. The zero-order valence-corrected chi connectivity index (χ0v) is 19.8. The molecule has 1 amide bonds. The first kappa shape index (κ1) is 21.1. The maximum atomic E-state index is 13.6. The van der Waals surface area contributed by atoms with Gasteiger partial charge >= 0.3 is 0 Å². The molecule has 2 aliphatic heterocycles. The predicted octanol–water partition coefficient (Wildman–Crippen LogP) is 4.80. The Hall–Kier alpha value is -3.48. The summed E-state index contributed by atoms with van der Waals surface area (Å²) in [6.45, 7) is 7.22. The van der Waals surface area contributed by atoms with E-state index in [4.69, 9.17) is 10.1 Å². The third-order valence-electron chi connectivity index (χ3n) is 7.27. The van der Waals surface area contributed by atoms with Gasteiger partial charge < -0.3 is 9.80 Å². The largest absolute Gasteiger partial charge is 0.356 e. The van der Waals surface area contributed by atoms with Crippen LogP contribution in [-0.2, 0) is 0 Å². The number of anilines is 1. The van der Waals surface area contributed by atoms with Gasteiger partial charge in [0.25, 0.3) is 5.91 Å². The summed E-state index contributed by atoms with van der Waals surface area (Å²) in [6, 6.07) is 13.7. The number of nitrogens with zero attached hydrogens (tertiary/aromatic N) is 6. The lowest BCUT2D eigenvalue weighted by molar-refractivity contribution is 0.0600. The van der Waals surface area contributed by atoms with E-state index in [1.807, 2.05) is 45.8 Å². The van der Waals surface area contributed by atoms with Crippen molar-refractivity contribution in [3.8, 4) is 0 Å². The average Bonchev–Trinajstić information content (AvgIpc) is 3.48. The van der Waals surface area contributed by atoms with E-state index >= 15 is 0 Å². The van der Waals surface area contributed by atoms with Crippen molar-refractivity contribution in [3.63, 3.8) is 0 Å². The lowest BCUT2D eigenvalue weighted by Gasteiger charge is -2.34. The molecule has 0 N–H and O–H groups in total. The maximum absolute atomic E-state index is 13.6. The van der Waals surface area contributed by atoms with Crippen molar-refractivity contribution in [3.05, 3.63) is 65.6 Å². The summed E-state index contributed by atoms with van der Waals surface area (Å²) in [5, 5.41) is 5.92. The van der Waals surface area contributed by atoms with Gasteiger partial charge in [-0.05, 0) is 50.7 Å². The predicted molar refractivity (Wildman–Crippen MR) is 133 cm³/mol. The Morgan fingerprint density at radius 3 is 2.76 bits per heavy atom. The van der Waals surface area contributed by atoms with Gasteiger partial charge in [0.15, 0.2) is 5.65 Å². The number of fused-ring (bicyclic) bond motifs is 2. The van der Waals surface area contributed by atoms with Crippen molar-refractivity contribution in [2.24, 2.45) is 5.92 Å². The number of amides is 1. The van der Waals surface area contributed by atoms with Gasteiger partial charge in [0, 0.05) is 42.8 Å². The quantitative estimate of drug-likeness (QED) is 0.445. The monoisotopic (exact) mass is 454 g/mol. The molecule has 0 spiro atoms. The summed E-state index contributed by atoms with van der Waals surface area (Å²) in [6.07, 6.45) is 6.26. The highest BCUT2D eigenvalue weighted by Crippen LogP contribution is 2.33. The molecule has 6 rings (SSSR count). The number of carbonyl (C=O) groups excluding carboxylic acids is 1. The molecule has 0 unspecified atom stereocenters. The molecule has 0 saturated carbocycles. The first-order valence-electron chi connectivity index (χ1n) is 12.4. The minimum absolute atomic E-state index is 0.0246. The number of pyridine rings is 1. The number of aromatic nitrogens is 4. The molecule has 174 valence electrons. The lowest BCUT2D eigenvalue weighted by atomic mass is 9.98. The molecule has 1 aromatic carbocycles. The van der Waals surface area contributed by atoms with E-state index in [9.17, 15) is 4.79 Å². The van der Waals surface area contributed by atoms with E-state index in [1.165, 1.54) is 6.42 Å². The molecule has 4 aromatic rings. The molecule has 2 aliphatic rings. The molecule has 7 heteroatoms. The fraction of sp³-hybridized carbons (Fsp3) is 0.407. The van der Waals surface area contributed by atoms with Crippen LogP contribution in [-0.4, -0.2) is 50.0 Å². The molecule has 0 radical (unpaired) electrons. The molecule has 0 aliphatic carbocycles. The molecule has 7 nitrogen and oxygen atoms in total. The number of piperidine rings is 1. The number of carbonyl (C=O) groups is 1. The van der Waals surface area contributed by atoms with Gasteiger partial charge in [-0.15, -0.1) is 0 Å². The first-order valence-corrected chi connectivity index (χ1v) is 12.4. The second-order valence-electron chi connectivity index (χ2n) is 9.86. The van der Waals surface area contributed by atoms with Gasteiger partial charge in [0.05, 0.1) is 17.3 Å². The maximum Gasteiger partial charge on any atom is 0.273 e. The highest BCUT2D eigenvalue weighted by Gasteiger charge is 2.32. The van der Waals surface area contributed by atoms with Crippen LogP contribution in [0.4, 0.5) is 5.82 Å². The number of rotatable bonds is 3. The van der Waals surface area contributed by atoms with Crippen molar-refractivity contribution < 1.29 is 4.79 Å². The average molecular weight is 455 g/mol. The summed E-state index contributed by atoms with van der Waals surface area (Å²) in [7, 11) is 0. The fourth-order valence-electron chi connectivity index (χ4n) is 5.44. The van der Waals surface area contributed by atoms with E-state index in [1.54, 1.807) is 0 Å². The van der Waals surface area contributed by atoms with Crippen LogP contribution in [0.15, 0.2) is 48.7 Å². The van der Waals surface area contributed by atoms with E-state index < -0.39 is 0 Å². The van der Waals surface area contributed by atoms with Crippen molar-refractivity contribution in [1.29, 1.82) is 0 Å². The Morgan fingerprint density at radius 2 is 1.91 bits per heavy atom. The normalized spacial score (nSPS) is 21.0. The summed E-state index contributed by atoms with van der Waals surface area (Å²) >= 11 is 0. The van der Waals surface area contributed by atoms with Crippen molar-refractivity contribution in [2.45, 2.75) is 45.6 Å². The van der Waals surface area contributed by atoms with Gasteiger partial charge in [0.1, 0.15) is 11.5 Å². The minimum Gasteiger partial charge on any atom is -0.356 e. The first-order chi connectivity index (χ1) is 16.6. The van der Waals surface area contributed by atoms with Crippen LogP contribution in [0, 0.1) is 12.8 Å². The third-order valence-corrected chi connectivity index (χ3v) is 7.27. The Balaban J connectivity index is 1.33. The topological polar surface area (TPSA) is 66.6 Å². The van der Waals surface area contributed by atoms with Crippen LogP contribution in [0.2, 0.25) is 0 Å². The number of aryl methyl sites for hydroxylation is 1. The molecule has 34 heavy (non-hydrogen) atoms. The zero-order chi connectivity index (χ0) is 23.2. The number of hydrogen-bond acceptors (Lipinski definition) is 5. The van der Waals surface area contributed by atoms with Crippen LogP contribution in [0.1, 0.15) is 60.4 Å². The SMILES string of the molecule is Cc1cn2nc([C@@H]3CCCCN3C(=O)c3ccc4ccccc4n3)cc2nc1N1CC[C@H](C)C1. The smallest absolute Gasteiger partial charge is 0.273 e. The summed E-state index contributed by atoms with van der Waals surface area (Å²) in [5.74, 6) is 1.73. The van der Waals surface area contributed by atoms with Crippen LogP contribution in [0.5, 0.6) is 0 Å². The van der Waals surface area contributed by atoms with Crippen LogP contribution in [0.3, 0.4) is 0 Å². The van der Waals surface area contributed by atoms with E-state index in [-0.39, 0.29) is 11.9 Å². The Kier molecular flexibility index (Phi) is 5.20. The molecular weight excluding hydrogens is 424 g/mol. The standard InChI is InChI=1S/C27H30N6O/c1-18-12-14-31(16-18)26-19(2)17-33-25(29-26)15-23(30-33)24-9-5-6-13-32(24)27(34)22-11-10-20-7-3-4-8-21(20)28-22/h3-4,7-8,10-11,15,17-18,24H,5-6,9,12-14,16H2,1-2H3/t18-,24-/m0/s1. The number of benzene rings is 1. The summed E-state index contributed by atoms with van der Waals surface area (Å²) in [5.41, 5.74) is 4.23. The zero-order valence-electron chi connectivity index (χ0n) is 19.8. The van der Waals surface area contributed by atoms with Crippen molar-refractivity contribution in [1.82, 2.24) is 24.5 Å². The third kappa shape index (κ3) is 3.69. The van der Waals surface area contributed by atoms with Crippen molar-refractivity contribution in [2.75, 3.05) is 24.5 Å². The van der Waals surface area contributed by atoms with Gasteiger partial charge in [-0.1, -0.05) is 31.2 Å². The Morgan fingerprint density at radius 1 is 1.03 bits per heavy atom. The second kappa shape index (κ2) is 8.38. The lowest BCUT2D eigenvalue weighted by Crippen LogP contribution is -2.39. The number of likely N-dealkylation sites (tertiary alicyclic amines) is 1. The molecule has 2 saturated heterocycles. The van der Waals surface area contributed by atoms with Crippen molar-refractivity contribution >= 4 is 28.3 Å². The van der Waals surface area contributed by atoms with Gasteiger partial charge in [0.2, 0.25) is 0 Å². The van der Waals surface area contributed by atoms with Gasteiger partial charge in [-0.3, -0.25) is 4.79 Å². The van der Waals surface area contributed by atoms with E-state index in [2.05, 4.69) is 36.0 Å². The summed E-state index contributed by atoms with van der Waals surface area (Å²) in [4.78, 5) is 27.5. The number of hydrogen-bond donors (Lipinski definition) is 0. The highest BCUT2D eigenvalue weighted by atomic mass is 16.2. The molecular formula is C27H30N6O. The second-order valence-corrected chi connectivity index (χ2v) is 9.86. The van der Waals surface area contributed by atoms with E-state index in [0.29, 0.717) is 11.6 Å². The van der Waals surface area contributed by atoms with Crippen LogP contribution in [0.25, 0.3) is 16.6 Å². The highest BCUT2D eigenvalue weighted by molar-refractivity contribution is 5.95. The number of para-hydroxylation sites is 1.